The number of para-hydroxylation sites is 1. The Hall–Kier alpha value is -2.41. The van der Waals surface area contributed by atoms with Gasteiger partial charge in [0.25, 0.3) is 5.91 Å². The van der Waals surface area contributed by atoms with Crippen molar-refractivity contribution in [3.05, 3.63) is 53.3 Å². The van der Waals surface area contributed by atoms with Crippen molar-refractivity contribution in [2.45, 2.75) is 6.61 Å². The maximum Gasteiger partial charge on any atom is 0.387 e. The molecular weight excluding hydrogens is 335 g/mol. The second kappa shape index (κ2) is 7.73. The Morgan fingerprint density at radius 2 is 1.91 bits per heavy atom. The van der Waals surface area contributed by atoms with Crippen LogP contribution in [0.25, 0.3) is 0 Å². The van der Waals surface area contributed by atoms with Crippen LogP contribution in [0.4, 0.5) is 18.9 Å². The van der Waals surface area contributed by atoms with E-state index in [4.69, 9.17) is 16.3 Å². The van der Waals surface area contributed by atoms with E-state index in [-0.39, 0.29) is 22.2 Å². The minimum absolute atomic E-state index is 0.0543. The van der Waals surface area contributed by atoms with Crippen LogP contribution >= 0.6 is 11.6 Å². The molecule has 0 heterocycles. The molecule has 0 aliphatic heterocycles. The standard InChI is InChI=1S/C15H11ClF3NO3/c16-10-7-9(5-6-12(10)23-15(18)19)20-14(21)8-22-13-4-2-1-3-11(13)17/h1-7,15H,8H2,(H,20,21). The summed E-state index contributed by atoms with van der Waals surface area (Å²) >= 11 is 5.76. The van der Waals surface area contributed by atoms with Crippen molar-refractivity contribution in [3.63, 3.8) is 0 Å². The Morgan fingerprint density at radius 1 is 1.17 bits per heavy atom. The zero-order valence-electron chi connectivity index (χ0n) is 11.6. The van der Waals surface area contributed by atoms with Gasteiger partial charge in [-0.2, -0.15) is 8.78 Å². The van der Waals surface area contributed by atoms with Crippen LogP contribution in [0, 0.1) is 5.82 Å². The molecule has 0 aromatic heterocycles. The number of anilines is 1. The van der Waals surface area contributed by atoms with Crippen LogP contribution in [0.5, 0.6) is 11.5 Å². The third-order valence-electron chi connectivity index (χ3n) is 2.63. The highest BCUT2D eigenvalue weighted by Gasteiger charge is 2.11. The Kier molecular flexibility index (Phi) is 5.70. The highest BCUT2D eigenvalue weighted by atomic mass is 35.5. The Bertz CT molecular complexity index is 697. The lowest BCUT2D eigenvalue weighted by atomic mass is 10.3. The number of benzene rings is 2. The monoisotopic (exact) mass is 345 g/mol. The molecule has 2 aromatic rings. The second-order valence-corrected chi connectivity index (χ2v) is 4.70. The van der Waals surface area contributed by atoms with Crippen molar-refractivity contribution >= 4 is 23.2 Å². The molecule has 4 nitrogen and oxygen atoms in total. The summed E-state index contributed by atoms with van der Waals surface area (Å²) < 4.78 is 46.7. The molecule has 0 atom stereocenters. The van der Waals surface area contributed by atoms with E-state index in [1.807, 2.05) is 0 Å². The predicted octanol–water partition coefficient (Wildman–Crippen LogP) is 4.10. The van der Waals surface area contributed by atoms with Gasteiger partial charge in [0.1, 0.15) is 5.75 Å². The summed E-state index contributed by atoms with van der Waals surface area (Å²) in [4.78, 5) is 11.7. The quantitative estimate of drug-likeness (QED) is 0.857. The number of amides is 1. The van der Waals surface area contributed by atoms with Gasteiger partial charge in [-0.15, -0.1) is 0 Å². The van der Waals surface area contributed by atoms with Gasteiger partial charge in [-0.25, -0.2) is 4.39 Å². The molecule has 122 valence electrons. The molecule has 0 spiro atoms. The van der Waals surface area contributed by atoms with E-state index in [1.54, 1.807) is 6.07 Å². The third kappa shape index (κ3) is 5.07. The van der Waals surface area contributed by atoms with Crippen LogP contribution in [0.15, 0.2) is 42.5 Å². The van der Waals surface area contributed by atoms with E-state index in [0.29, 0.717) is 0 Å². The largest absolute Gasteiger partial charge is 0.481 e. The lowest BCUT2D eigenvalue weighted by Crippen LogP contribution is -2.20. The average Bonchev–Trinajstić information content (AvgIpc) is 2.49. The van der Waals surface area contributed by atoms with Gasteiger partial charge in [0.2, 0.25) is 0 Å². The van der Waals surface area contributed by atoms with Gasteiger partial charge >= 0.3 is 6.61 Å². The summed E-state index contributed by atoms with van der Waals surface area (Å²) in [6.07, 6.45) is 0. The summed E-state index contributed by atoms with van der Waals surface area (Å²) in [6.45, 7) is -3.42. The molecule has 1 amide bonds. The van der Waals surface area contributed by atoms with Crippen LogP contribution in [0.1, 0.15) is 0 Å². The van der Waals surface area contributed by atoms with E-state index < -0.39 is 24.9 Å². The summed E-state index contributed by atoms with van der Waals surface area (Å²) in [6, 6.07) is 9.43. The van der Waals surface area contributed by atoms with E-state index >= 15 is 0 Å². The second-order valence-electron chi connectivity index (χ2n) is 4.29. The highest BCUT2D eigenvalue weighted by Crippen LogP contribution is 2.28. The Balaban J connectivity index is 1.93. The van der Waals surface area contributed by atoms with Gasteiger partial charge in [-0.05, 0) is 30.3 Å². The van der Waals surface area contributed by atoms with E-state index in [9.17, 15) is 18.0 Å². The fourth-order valence-corrected chi connectivity index (χ4v) is 1.90. The number of nitrogens with one attached hydrogen (secondary N) is 1. The first-order chi connectivity index (χ1) is 11.0. The molecular formula is C15H11ClF3NO3. The smallest absolute Gasteiger partial charge is 0.387 e. The molecule has 0 saturated carbocycles. The molecule has 0 unspecified atom stereocenters. The molecule has 2 aromatic carbocycles. The Morgan fingerprint density at radius 3 is 2.57 bits per heavy atom. The number of alkyl halides is 2. The van der Waals surface area contributed by atoms with Crippen LogP contribution in [-0.4, -0.2) is 19.1 Å². The van der Waals surface area contributed by atoms with Crippen molar-refractivity contribution in [1.82, 2.24) is 0 Å². The fourth-order valence-electron chi connectivity index (χ4n) is 1.67. The molecule has 1 N–H and O–H groups in total. The van der Waals surface area contributed by atoms with Crippen LogP contribution in [-0.2, 0) is 4.79 Å². The van der Waals surface area contributed by atoms with E-state index in [1.165, 1.54) is 36.4 Å². The first-order valence-electron chi connectivity index (χ1n) is 6.37. The summed E-state index contributed by atoms with van der Waals surface area (Å²) in [7, 11) is 0. The third-order valence-corrected chi connectivity index (χ3v) is 2.92. The number of carbonyl (C=O) groups excluding carboxylic acids is 1. The van der Waals surface area contributed by atoms with Crippen molar-refractivity contribution in [3.8, 4) is 11.5 Å². The average molecular weight is 346 g/mol. The van der Waals surface area contributed by atoms with Crippen molar-refractivity contribution in [2.24, 2.45) is 0 Å². The molecule has 0 radical (unpaired) electrons. The van der Waals surface area contributed by atoms with Crippen molar-refractivity contribution < 1.29 is 27.4 Å². The minimum atomic E-state index is -3.00. The number of hydrogen-bond donors (Lipinski definition) is 1. The minimum Gasteiger partial charge on any atom is -0.481 e. The molecule has 2 rings (SSSR count). The van der Waals surface area contributed by atoms with Gasteiger partial charge in [0.15, 0.2) is 18.2 Å². The van der Waals surface area contributed by atoms with Crippen LogP contribution < -0.4 is 14.8 Å². The van der Waals surface area contributed by atoms with Gasteiger partial charge in [0.05, 0.1) is 5.02 Å². The Labute approximate surface area is 134 Å². The normalized spacial score (nSPS) is 10.5. The van der Waals surface area contributed by atoms with Crippen molar-refractivity contribution in [2.75, 3.05) is 11.9 Å². The molecule has 0 saturated heterocycles. The van der Waals surface area contributed by atoms with Gasteiger partial charge in [-0.1, -0.05) is 23.7 Å². The number of ether oxygens (including phenoxy) is 2. The summed E-state index contributed by atoms with van der Waals surface area (Å²) in [5.74, 6) is -1.41. The molecule has 0 aliphatic carbocycles. The lowest BCUT2D eigenvalue weighted by molar-refractivity contribution is -0.118. The van der Waals surface area contributed by atoms with Crippen LogP contribution in [0.3, 0.4) is 0 Å². The number of rotatable bonds is 6. The maximum absolute atomic E-state index is 13.3. The van der Waals surface area contributed by atoms with E-state index in [2.05, 4.69) is 10.1 Å². The molecule has 0 fully saturated rings. The molecule has 23 heavy (non-hydrogen) atoms. The number of halogens is 4. The maximum atomic E-state index is 13.3. The highest BCUT2D eigenvalue weighted by molar-refractivity contribution is 6.32. The van der Waals surface area contributed by atoms with Gasteiger partial charge in [0, 0.05) is 5.69 Å². The zero-order chi connectivity index (χ0) is 16.8. The fraction of sp³-hybridized carbons (Fsp3) is 0.133. The lowest BCUT2D eigenvalue weighted by Gasteiger charge is -2.10. The van der Waals surface area contributed by atoms with Gasteiger partial charge in [-0.3, -0.25) is 4.79 Å². The van der Waals surface area contributed by atoms with E-state index in [0.717, 1.165) is 0 Å². The number of carbonyl (C=O) groups is 1. The molecule has 0 bridgehead atoms. The molecule has 8 heteroatoms. The number of hydrogen-bond acceptors (Lipinski definition) is 3. The molecule has 0 aliphatic rings. The first-order valence-corrected chi connectivity index (χ1v) is 6.75. The summed E-state index contributed by atoms with van der Waals surface area (Å²) in [5.41, 5.74) is 0.263. The first kappa shape index (κ1) is 17.0. The predicted molar refractivity (Wildman–Crippen MR) is 78.6 cm³/mol. The summed E-state index contributed by atoms with van der Waals surface area (Å²) in [5, 5.41) is 2.35. The SMILES string of the molecule is O=C(COc1ccccc1F)Nc1ccc(OC(F)F)c(Cl)c1. The zero-order valence-corrected chi connectivity index (χ0v) is 12.3. The van der Waals surface area contributed by atoms with Crippen LogP contribution in [0.2, 0.25) is 5.02 Å². The van der Waals surface area contributed by atoms with Crippen molar-refractivity contribution in [1.29, 1.82) is 0 Å². The topological polar surface area (TPSA) is 47.6 Å². The van der Waals surface area contributed by atoms with Gasteiger partial charge < -0.3 is 14.8 Å².